The van der Waals surface area contributed by atoms with E-state index in [1.165, 1.54) is 50.5 Å². The van der Waals surface area contributed by atoms with Gasteiger partial charge in [0.25, 0.3) is 0 Å². The smallest absolute Gasteiger partial charge is 0.172 e. The molecule has 5 aromatic rings. The molecular formula is C66H107N4+. The molecule has 0 bridgehead atoms. The van der Waals surface area contributed by atoms with Gasteiger partial charge in [-0.3, -0.25) is 15.0 Å². The van der Waals surface area contributed by atoms with Crippen LogP contribution >= 0.6 is 0 Å². The van der Waals surface area contributed by atoms with Gasteiger partial charge >= 0.3 is 0 Å². The molecule has 0 saturated heterocycles. The van der Waals surface area contributed by atoms with Gasteiger partial charge in [-0.2, -0.15) is 0 Å². The Balaban J connectivity index is 0.000000437. The van der Waals surface area contributed by atoms with E-state index in [-0.39, 0.29) is 54.3 Å². The molecular weight excluding hydrogens is 849 g/mol. The topological polar surface area (TPSA) is 42.5 Å². The summed E-state index contributed by atoms with van der Waals surface area (Å²) in [5, 5.41) is 0. The molecule has 0 aliphatic carbocycles. The number of hydrogen-bond donors (Lipinski definition) is 0. The van der Waals surface area contributed by atoms with Crippen LogP contribution in [0.3, 0.4) is 0 Å². The molecule has 0 unspecified atom stereocenters. The predicted octanol–water partition coefficient (Wildman–Crippen LogP) is 18.3. The van der Waals surface area contributed by atoms with E-state index >= 15 is 0 Å². The van der Waals surface area contributed by atoms with Crippen molar-refractivity contribution in [3.8, 4) is 0 Å². The van der Waals surface area contributed by atoms with Gasteiger partial charge in [0.05, 0.1) is 0 Å². The Hall–Kier alpha value is -4.18. The van der Waals surface area contributed by atoms with Crippen molar-refractivity contribution in [1.29, 1.82) is 0 Å². The molecule has 390 valence electrons. The zero-order valence-electron chi connectivity index (χ0n) is 51.1. The second-order valence-electron chi connectivity index (χ2n) is 29.7. The zero-order valence-corrected chi connectivity index (χ0v) is 51.1. The summed E-state index contributed by atoms with van der Waals surface area (Å²) < 4.78 is 2.27. The fourth-order valence-electron chi connectivity index (χ4n) is 7.65. The summed E-state index contributed by atoms with van der Waals surface area (Å²) >= 11 is 0. The Morgan fingerprint density at radius 3 is 1.06 bits per heavy atom. The standard InChI is InChI=1S/C14H22.C13H21N.C13H22N.2C13H21N/c1-13(2,3)11-9-7-8-10-12(11)14(4,5)6;1-12(2,3)10-7-8-14-9-11(10)13(4,5)6;1-12(2,3)11-8-7-9-14(10-11)13(4,5)6;1-12(2,3)10-8-7-9-14-11(10)13(4,5)6;1-12(2,3)10-8-7-9-11(14-10)13(4,5)6/h7-10H,1-6H3;7-9H,1-6H3;7-10H,1-6H3;2*7-9H,1-6H3/q;;+1;;. The van der Waals surface area contributed by atoms with Gasteiger partial charge in [-0.25, -0.2) is 4.57 Å². The van der Waals surface area contributed by atoms with E-state index in [1.807, 2.05) is 24.7 Å². The molecule has 4 heteroatoms. The lowest BCUT2D eigenvalue weighted by Gasteiger charge is -2.29. The van der Waals surface area contributed by atoms with Crippen LogP contribution in [0.4, 0.5) is 0 Å². The third-order valence-corrected chi connectivity index (χ3v) is 12.0. The lowest BCUT2D eigenvalue weighted by molar-refractivity contribution is -0.754. The van der Waals surface area contributed by atoms with Crippen LogP contribution in [-0.2, 0) is 54.3 Å². The van der Waals surface area contributed by atoms with Crippen LogP contribution in [0.25, 0.3) is 0 Å². The first-order chi connectivity index (χ1) is 31.1. The van der Waals surface area contributed by atoms with E-state index in [1.54, 1.807) is 0 Å². The molecule has 0 spiro atoms. The highest BCUT2D eigenvalue weighted by molar-refractivity contribution is 5.38. The zero-order chi connectivity index (χ0) is 54.9. The molecule has 4 nitrogen and oxygen atoms in total. The van der Waals surface area contributed by atoms with Crippen molar-refractivity contribution in [3.63, 3.8) is 0 Å². The van der Waals surface area contributed by atoms with Crippen molar-refractivity contribution < 1.29 is 4.57 Å². The Morgan fingerprint density at radius 2 is 0.729 bits per heavy atom. The number of aromatic nitrogens is 4. The van der Waals surface area contributed by atoms with Crippen LogP contribution in [-0.4, -0.2) is 15.0 Å². The molecule has 0 atom stereocenters. The van der Waals surface area contributed by atoms with E-state index < -0.39 is 0 Å². The Labute approximate surface area is 433 Å². The van der Waals surface area contributed by atoms with E-state index in [2.05, 4.69) is 301 Å². The van der Waals surface area contributed by atoms with Gasteiger partial charge in [0.1, 0.15) is 0 Å². The first-order valence-corrected chi connectivity index (χ1v) is 26.1. The monoisotopic (exact) mass is 956 g/mol. The number of rotatable bonds is 0. The minimum absolute atomic E-state index is 0.129. The average Bonchev–Trinajstić information content (AvgIpc) is 3.19. The highest BCUT2D eigenvalue weighted by Crippen LogP contribution is 2.35. The summed E-state index contributed by atoms with van der Waals surface area (Å²) in [6.07, 6.45) is 10.2. The fraction of sp³-hybridized carbons (Fsp3) is 0.606. The summed E-state index contributed by atoms with van der Waals surface area (Å²) in [5.41, 5.74) is 13.8. The lowest BCUT2D eigenvalue weighted by Crippen LogP contribution is -2.50. The quantitative estimate of drug-likeness (QED) is 0.145. The highest BCUT2D eigenvalue weighted by atomic mass is 15.0. The molecule has 0 amide bonds. The van der Waals surface area contributed by atoms with Crippen molar-refractivity contribution in [2.45, 2.75) is 262 Å². The molecule has 0 fully saturated rings. The normalized spacial score (nSPS) is 13.0. The van der Waals surface area contributed by atoms with Crippen LogP contribution in [0.2, 0.25) is 0 Å². The molecule has 0 aliphatic heterocycles. The van der Waals surface area contributed by atoms with Gasteiger partial charge in [0.2, 0.25) is 0 Å². The van der Waals surface area contributed by atoms with Gasteiger partial charge in [-0.1, -0.05) is 223 Å². The second-order valence-corrected chi connectivity index (χ2v) is 29.7. The molecule has 1 aromatic carbocycles. The Kier molecular flexibility index (Phi) is 21.5. The summed E-state index contributed by atoms with van der Waals surface area (Å²) in [4.78, 5) is 13.5. The maximum Gasteiger partial charge on any atom is 0.172 e. The number of nitrogens with zero attached hydrogens (tertiary/aromatic N) is 4. The van der Waals surface area contributed by atoms with Crippen LogP contribution in [0.5, 0.6) is 0 Å². The first kappa shape index (κ1) is 63.8. The highest BCUT2D eigenvalue weighted by Gasteiger charge is 2.28. The third-order valence-electron chi connectivity index (χ3n) is 12.0. The summed E-state index contributed by atoms with van der Waals surface area (Å²) in [7, 11) is 0. The number of pyridine rings is 4. The third kappa shape index (κ3) is 21.3. The minimum atomic E-state index is 0.129. The van der Waals surface area contributed by atoms with Crippen LogP contribution in [0.15, 0.2) is 104 Å². The number of hydrogen-bond acceptors (Lipinski definition) is 3. The lowest BCUT2D eigenvalue weighted by atomic mass is 9.75. The van der Waals surface area contributed by atoms with Crippen LogP contribution in [0, 0.1) is 0 Å². The number of benzene rings is 1. The second kappa shape index (κ2) is 23.6. The summed E-state index contributed by atoms with van der Waals surface area (Å²) in [6.45, 7) is 67.0. The summed E-state index contributed by atoms with van der Waals surface area (Å²) in [6, 6.07) is 25.8. The van der Waals surface area contributed by atoms with Gasteiger partial charge in [-0.15, -0.1) is 0 Å². The van der Waals surface area contributed by atoms with Gasteiger partial charge in [0.15, 0.2) is 17.9 Å². The molecule has 0 saturated carbocycles. The minimum Gasteiger partial charge on any atom is -0.264 e. The SMILES string of the molecule is CC(C)(C)c1ccc[n+](C(C)(C)C)c1.CC(C)(C)c1cccc(C(C)(C)C)n1.CC(C)(C)c1ccccc1C(C)(C)C.CC(C)(C)c1cccnc1C(C)(C)C.CC(C)(C)c1ccncc1C(C)(C)C. The van der Waals surface area contributed by atoms with Crippen LogP contribution in [0.1, 0.15) is 258 Å². The van der Waals surface area contributed by atoms with E-state index in [9.17, 15) is 0 Å². The van der Waals surface area contributed by atoms with Crippen molar-refractivity contribution in [2.24, 2.45) is 0 Å². The largest absolute Gasteiger partial charge is 0.264 e. The molecule has 0 aliphatic rings. The Morgan fingerprint density at radius 1 is 0.329 bits per heavy atom. The Bertz CT molecular complexity index is 1960. The molecule has 0 N–H and O–H groups in total. The van der Waals surface area contributed by atoms with Crippen molar-refractivity contribution in [1.82, 2.24) is 15.0 Å². The van der Waals surface area contributed by atoms with Gasteiger partial charge in [-0.05, 0) is 90.6 Å². The fourth-order valence-corrected chi connectivity index (χ4v) is 7.65. The maximum atomic E-state index is 4.72. The van der Waals surface area contributed by atoms with Crippen molar-refractivity contribution in [2.75, 3.05) is 0 Å². The van der Waals surface area contributed by atoms with E-state index in [4.69, 9.17) is 4.98 Å². The van der Waals surface area contributed by atoms with E-state index in [0.29, 0.717) is 0 Å². The molecule has 4 aromatic heterocycles. The predicted molar refractivity (Wildman–Crippen MR) is 309 cm³/mol. The van der Waals surface area contributed by atoms with Crippen LogP contribution < -0.4 is 4.57 Å². The molecule has 4 heterocycles. The maximum absolute atomic E-state index is 4.72. The molecule has 5 rings (SSSR count). The molecule has 0 radical (unpaired) electrons. The van der Waals surface area contributed by atoms with Crippen molar-refractivity contribution in [3.05, 3.63) is 154 Å². The van der Waals surface area contributed by atoms with E-state index in [0.717, 1.165) is 0 Å². The van der Waals surface area contributed by atoms with Gasteiger partial charge in [0, 0.05) is 84.3 Å². The van der Waals surface area contributed by atoms with Gasteiger partial charge < -0.3 is 0 Å². The molecule has 70 heavy (non-hydrogen) atoms. The summed E-state index contributed by atoms with van der Waals surface area (Å²) in [5.74, 6) is 0. The van der Waals surface area contributed by atoms with Crippen molar-refractivity contribution >= 4 is 0 Å². The first-order valence-electron chi connectivity index (χ1n) is 26.1. The average molecular weight is 957 g/mol.